The normalized spacial score (nSPS) is 17.3. The van der Waals surface area contributed by atoms with E-state index in [4.69, 9.17) is 14.2 Å². The molecular formula is C17H32N2O5S. The fourth-order valence-electron chi connectivity index (χ4n) is 2.30. The van der Waals surface area contributed by atoms with E-state index in [1.807, 2.05) is 34.0 Å². The van der Waals surface area contributed by atoms with Crippen molar-refractivity contribution in [2.45, 2.75) is 57.7 Å². The Hall–Kier alpha value is -0.990. The first-order valence-corrected chi connectivity index (χ1v) is 10.1. The van der Waals surface area contributed by atoms with Crippen LogP contribution in [0.15, 0.2) is 0 Å². The second-order valence-electron chi connectivity index (χ2n) is 7.27. The third-order valence-electron chi connectivity index (χ3n) is 3.55. The maximum Gasteiger partial charge on any atom is 0.407 e. The van der Waals surface area contributed by atoms with E-state index in [0.717, 1.165) is 12.2 Å². The van der Waals surface area contributed by atoms with Crippen molar-refractivity contribution in [2.24, 2.45) is 0 Å². The highest BCUT2D eigenvalue weighted by Gasteiger charge is 2.42. The number of esters is 1. The molecule has 1 aliphatic heterocycles. The summed E-state index contributed by atoms with van der Waals surface area (Å²) in [5.74, 6) is 0.592. The summed E-state index contributed by atoms with van der Waals surface area (Å²) >= 11 is 1.68. The average Bonchev–Trinajstić information content (AvgIpc) is 2.48. The number of carbonyl (C=O) groups is 2. The van der Waals surface area contributed by atoms with Crippen molar-refractivity contribution in [1.29, 1.82) is 0 Å². The summed E-state index contributed by atoms with van der Waals surface area (Å²) in [7, 11) is 0. The van der Waals surface area contributed by atoms with Gasteiger partial charge in [-0.3, -0.25) is 10.1 Å². The predicted molar refractivity (Wildman–Crippen MR) is 99.0 cm³/mol. The Bertz CT molecular complexity index is 435. The molecule has 25 heavy (non-hydrogen) atoms. The van der Waals surface area contributed by atoms with Gasteiger partial charge in [-0.05, 0) is 45.6 Å². The number of thioether (sulfide) groups is 1. The first-order chi connectivity index (χ1) is 11.7. The number of rotatable bonds is 10. The Labute approximate surface area is 154 Å². The van der Waals surface area contributed by atoms with Crippen LogP contribution in [0.2, 0.25) is 0 Å². The molecule has 0 spiro atoms. The van der Waals surface area contributed by atoms with E-state index in [2.05, 4.69) is 10.6 Å². The third-order valence-corrected chi connectivity index (χ3v) is 4.19. The molecule has 7 nitrogen and oxygen atoms in total. The highest BCUT2D eigenvalue weighted by atomic mass is 32.2. The van der Waals surface area contributed by atoms with Gasteiger partial charge >= 0.3 is 12.1 Å². The van der Waals surface area contributed by atoms with Crippen molar-refractivity contribution < 1.29 is 23.8 Å². The molecule has 1 rings (SSSR count). The van der Waals surface area contributed by atoms with Gasteiger partial charge in [0.1, 0.15) is 11.6 Å². The van der Waals surface area contributed by atoms with Gasteiger partial charge in [0.05, 0.1) is 25.4 Å². The highest BCUT2D eigenvalue weighted by Crippen LogP contribution is 2.19. The molecule has 1 unspecified atom stereocenters. The Morgan fingerprint density at radius 3 is 2.48 bits per heavy atom. The molecule has 1 amide bonds. The number of ether oxygens (including phenoxy) is 3. The van der Waals surface area contributed by atoms with Gasteiger partial charge in [-0.1, -0.05) is 6.92 Å². The van der Waals surface area contributed by atoms with E-state index in [1.54, 1.807) is 11.8 Å². The lowest BCUT2D eigenvalue weighted by atomic mass is 9.95. The van der Waals surface area contributed by atoms with Crippen LogP contribution in [0.3, 0.4) is 0 Å². The van der Waals surface area contributed by atoms with Crippen LogP contribution in [0.5, 0.6) is 0 Å². The number of alkyl carbamates (subject to hydrolysis) is 1. The van der Waals surface area contributed by atoms with Crippen molar-refractivity contribution in [1.82, 2.24) is 10.6 Å². The molecule has 1 atom stereocenters. The summed E-state index contributed by atoms with van der Waals surface area (Å²) < 4.78 is 15.9. The van der Waals surface area contributed by atoms with Crippen LogP contribution in [0.1, 0.15) is 40.5 Å². The SMILES string of the molecule is CCCOC(=O)C(CCSC)NC1(CNC(=O)OC(C)(C)C)COC1. The zero-order valence-corrected chi connectivity index (χ0v) is 16.8. The predicted octanol–water partition coefficient (Wildman–Crippen LogP) is 1.94. The summed E-state index contributed by atoms with van der Waals surface area (Å²) in [5, 5.41) is 6.11. The molecule has 8 heteroatoms. The van der Waals surface area contributed by atoms with Gasteiger partial charge in [-0.15, -0.1) is 0 Å². The first-order valence-electron chi connectivity index (χ1n) is 8.69. The molecule has 0 aliphatic carbocycles. The third kappa shape index (κ3) is 8.29. The fraction of sp³-hybridized carbons (Fsp3) is 0.882. The van der Waals surface area contributed by atoms with Crippen LogP contribution in [0, 0.1) is 0 Å². The minimum absolute atomic E-state index is 0.251. The number of nitrogens with one attached hydrogen (secondary N) is 2. The van der Waals surface area contributed by atoms with Crippen molar-refractivity contribution in [3.05, 3.63) is 0 Å². The van der Waals surface area contributed by atoms with Crippen LogP contribution >= 0.6 is 11.8 Å². The molecule has 146 valence electrons. The zero-order valence-electron chi connectivity index (χ0n) is 16.0. The van der Waals surface area contributed by atoms with E-state index in [0.29, 0.717) is 32.8 Å². The Balaban J connectivity index is 2.61. The Kier molecular flexibility index (Phi) is 9.02. The van der Waals surface area contributed by atoms with E-state index < -0.39 is 23.3 Å². The second kappa shape index (κ2) is 10.2. The lowest BCUT2D eigenvalue weighted by Crippen LogP contribution is -2.69. The highest BCUT2D eigenvalue weighted by molar-refractivity contribution is 7.98. The molecule has 0 bridgehead atoms. The molecule has 2 N–H and O–H groups in total. The van der Waals surface area contributed by atoms with Crippen LogP contribution in [0.25, 0.3) is 0 Å². The minimum atomic E-state index is -0.550. The second-order valence-corrected chi connectivity index (χ2v) is 8.26. The summed E-state index contributed by atoms with van der Waals surface area (Å²) in [5.41, 5.74) is -1.02. The molecule has 0 aromatic heterocycles. The molecule has 1 aliphatic rings. The van der Waals surface area contributed by atoms with Gasteiger partial charge in [-0.2, -0.15) is 11.8 Å². The molecule has 0 radical (unpaired) electrons. The Morgan fingerprint density at radius 1 is 1.32 bits per heavy atom. The summed E-state index contributed by atoms with van der Waals surface area (Å²) in [6.45, 7) is 9.01. The van der Waals surface area contributed by atoms with Crippen LogP contribution in [-0.4, -0.2) is 67.6 Å². The minimum Gasteiger partial charge on any atom is -0.465 e. The van der Waals surface area contributed by atoms with Gasteiger partial charge in [0.25, 0.3) is 0 Å². The van der Waals surface area contributed by atoms with E-state index in [9.17, 15) is 9.59 Å². The topological polar surface area (TPSA) is 85.9 Å². The lowest BCUT2D eigenvalue weighted by molar-refractivity contribution is -0.149. The van der Waals surface area contributed by atoms with Gasteiger partial charge in [-0.25, -0.2) is 4.79 Å². The van der Waals surface area contributed by atoms with Gasteiger partial charge in [0, 0.05) is 6.54 Å². The number of hydrogen-bond donors (Lipinski definition) is 2. The molecule has 1 saturated heterocycles. The van der Waals surface area contributed by atoms with Crippen LogP contribution in [-0.2, 0) is 19.0 Å². The maximum absolute atomic E-state index is 12.3. The lowest BCUT2D eigenvalue weighted by Gasteiger charge is -2.44. The largest absolute Gasteiger partial charge is 0.465 e. The molecular weight excluding hydrogens is 344 g/mol. The number of hydrogen-bond acceptors (Lipinski definition) is 7. The summed E-state index contributed by atoms with van der Waals surface area (Å²) in [4.78, 5) is 24.2. The smallest absolute Gasteiger partial charge is 0.407 e. The number of amides is 1. The standard InChI is InChI=1S/C17H32N2O5S/c1-6-8-23-14(20)13(7-9-25-5)19-17(11-22-12-17)10-18-15(21)24-16(2,3)4/h13,19H,6-12H2,1-5H3,(H,18,21). The molecule has 1 fully saturated rings. The average molecular weight is 377 g/mol. The molecule has 0 aromatic carbocycles. The monoisotopic (exact) mass is 376 g/mol. The first kappa shape index (κ1) is 22.1. The summed E-state index contributed by atoms with van der Waals surface area (Å²) in [6, 6.07) is -0.414. The maximum atomic E-state index is 12.3. The van der Waals surface area contributed by atoms with E-state index in [-0.39, 0.29) is 5.97 Å². The zero-order chi connectivity index (χ0) is 18.9. The van der Waals surface area contributed by atoms with Gasteiger partial charge < -0.3 is 19.5 Å². The van der Waals surface area contributed by atoms with E-state index >= 15 is 0 Å². The van der Waals surface area contributed by atoms with Crippen LogP contribution < -0.4 is 10.6 Å². The molecule has 0 aromatic rings. The van der Waals surface area contributed by atoms with Crippen molar-refractivity contribution in [2.75, 3.05) is 38.4 Å². The molecule has 1 heterocycles. The van der Waals surface area contributed by atoms with Crippen molar-refractivity contribution in [3.63, 3.8) is 0 Å². The molecule has 0 saturated carbocycles. The summed E-state index contributed by atoms with van der Waals surface area (Å²) in [6.07, 6.45) is 2.98. The van der Waals surface area contributed by atoms with Crippen molar-refractivity contribution in [3.8, 4) is 0 Å². The van der Waals surface area contributed by atoms with Gasteiger partial charge in [0.2, 0.25) is 0 Å². The Morgan fingerprint density at radius 2 is 2.00 bits per heavy atom. The fourth-order valence-corrected chi connectivity index (χ4v) is 2.77. The quantitative estimate of drug-likeness (QED) is 0.564. The van der Waals surface area contributed by atoms with Gasteiger partial charge in [0.15, 0.2) is 0 Å². The van der Waals surface area contributed by atoms with Crippen molar-refractivity contribution >= 4 is 23.8 Å². The van der Waals surface area contributed by atoms with E-state index in [1.165, 1.54) is 0 Å². The number of carbonyl (C=O) groups excluding carboxylic acids is 2. The van der Waals surface area contributed by atoms with Crippen LogP contribution in [0.4, 0.5) is 4.79 Å².